The van der Waals surface area contributed by atoms with Crippen LogP contribution in [0.1, 0.15) is 15.9 Å². The van der Waals surface area contributed by atoms with Crippen LogP contribution in [-0.2, 0) is 11.3 Å². The molecule has 0 aliphatic carbocycles. The number of nitro benzene ring substituents is 1. The molecule has 0 heterocycles. The van der Waals surface area contributed by atoms with Gasteiger partial charge in [0.1, 0.15) is 6.61 Å². The fraction of sp³-hybridized carbons (Fsp3) is 0.0714. The lowest BCUT2D eigenvalue weighted by molar-refractivity contribution is -0.385. The van der Waals surface area contributed by atoms with E-state index in [1.165, 1.54) is 6.07 Å². The largest absolute Gasteiger partial charge is 0.457 e. The van der Waals surface area contributed by atoms with Crippen LogP contribution in [-0.4, -0.2) is 10.9 Å². The predicted molar refractivity (Wildman–Crippen MR) is 76.4 cm³/mol. The van der Waals surface area contributed by atoms with Crippen LogP contribution in [0, 0.1) is 10.1 Å². The molecule has 0 fully saturated rings. The molecule has 0 saturated heterocycles. The van der Waals surface area contributed by atoms with Gasteiger partial charge in [-0.3, -0.25) is 10.1 Å². The quantitative estimate of drug-likeness (QED) is 0.485. The average molecular weight is 336 g/mol. The van der Waals surface area contributed by atoms with E-state index in [1.54, 1.807) is 42.5 Å². The first-order valence-corrected chi connectivity index (χ1v) is 6.52. The van der Waals surface area contributed by atoms with E-state index in [1.807, 2.05) is 0 Å². The number of ether oxygens (including phenoxy) is 1. The van der Waals surface area contributed by atoms with Gasteiger partial charge in [-0.1, -0.05) is 34.1 Å². The number of carbonyl (C=O) groups excluding carboxylic acids is 1. The summed E-state index contributed by atoms with van der Waals surface area (Å²) in [6.07, 6.45) is 0. The molecule has 20 heavy (non-hydrogen) atoms. The molecule has 2 aromatic rings. The Kier molecular flexibility index (Phi) is 4.47. The molecular formula is C14H10BrNO4. The first-order valence-electron chi connectivity index (χ1n) is 5.73. The number of nitro groups is 1. The van der Waals surface area contributed by atoms with E-state index < -0.39 is 10.9 Å². The van der Waals surface area contributed by atoms with Crippen LogP contribution in [0.25, 0.3) is 0 Å². The lowest BCUT2D eigenvalue weighted by atomic mass is 10.2. The Balaban J connectivity index is 2.09. The van der Waals surface area contributed by atoms with Crippen LogP contribution in [0.15, 0.2) is 53.0 Å². The third kappa shape index (κ3) is 3.42. The maximum Gasteiger partial charge on any atom is 0.338 e. The van der Waals surface area contributed by atoms with Crippen molar-refractivity contribution < 1.29 is 14.5 Å². The summed E-state index contributed by atoms with van der Waals surface area (Å²) in [7, 11) is 0. The van der Waals surface area contributed by atoms with Crippen molar-refractivity contribution in [2.45, 2.75) is 6.61 Å². The molecule has 0 amide bonds. The Hall–Kier alpha value is -2.21. The highest BCUT2D eigenvalue weighted by atomic mass is 79.9. The fourth-order valence-corrected chi connectivity index (χ4v) is 2.05. The molecule has 0 radical (unpaired) electrons. The highest BCUT2D eigenvalue weighted by Gasteiger charge is 2.14. The highest BCUT2D eigenvalue weighted by molar-refractivity contribution is 9.10. The van der Waals surface area contributed by atoms with Gasteiger partial charge in [-0.05, 0) is 24.3 Å². The monoisotopic (exact) mass is 335 g/mol. The molecule has 2 aromatic carbocycles. The molecule has 0 N–H and O–H groups in total. The number of para-hydroxylation sites is 1. The van der Waals surface area contributed by atoms with Crippen molar-refractivity contribution in [2.75, 3.05) is 0 Å². The van der Waals surface area contributed by atoms with Crippen LogP contribution in [0.3, 0.4) is 0 Å². The number of hydrogen-bond donors (Lipinski definition) is 0. The van der Waals surface area contributed by atoms with E-state index in [9.17, 15) is 14.9 Å². The van der Waals surface area contributed by atoms with Gasteiger partial charge < -0.3 is 4.74 Å². The van der Waals surface area contributed by atoms with Gasteiger partial charge in [0.15, 0.2) is 0 Å². The maximum absolute atomic E-state index is 11.8. The number of esters is 1. The van der Waals surface area contributed by atoms with Gasteiger partial charge in [0.2, 0.25) is 0 Å². The van der Waals surface area contributed by atoms with Crippen LogP contribution in [0.2, 0.25) is 0 Å². The number of rotatable bonds is 4. The first kappa shape index (κ1) is 14.2. The normalized spacial score (nSPS) is 10.1. The molecule has 0 unspecified atom stereocenters. The van der Waals surface area contributed by atoms with Crippen molar-refractivity contribution >= 4 is 27.6 Å². The fourth-order valence-electron chi connectivity index (χ4n) is 1.65. The number of hydrogen-bond acceptors (Lipinski definition) is 4. The van der Waals surface area contributed by atoms with Gasteiger partial charge in [0.05, 0.1) is 16.1 Å². The molecule has 0 aliphatic rings. The maximum atomic E-state index is 11.8. The molecule has 0 spiro atoms. The van der Waals surface area contributed by atoms with Gasteiger partial charge in [0.25, 0.3) is 5.69 Å². The summed E-state index contributed by atoms with van der Waals surface area (Å²) in [4.78, 5) is 22.2. The van der Waals surface area contributed by atoms with Crippen LogP contribution in [0.5, 0.6) is 0 Å². The molecule has 6 heteroatoms. The zero-order chi connectivity index (χ0) is 14.5. The van der Waals surface area contributed by atoms with Gasteiger partial charge in [-0.15, -0.1) is 0 Å². The van der Waals surface area contributed by atoms with Crippen molar-refractivity contribution in [1.29, 1.82) is 0 Å². The SMILES string of the molecule is O=C(OCc1ccccc1[N+](=O)[O-])c1cccc(Br)c1. The van der Waals surface area contributed by atoms with Gasteiger partial charge in [-0.25, -0.2) is 4.79 Å². The summed E-state index contributed by atoms with van der Waals surface area (Å²) >= 11 is 3.26. The smallest absolute Gasteiger partial charge is 0.338 e. The number of halogens is 1. The van der Waals surface area contributed by atoms with Crippen molar-refractivity contribution in [3.05, 3.63) is 74.2 Å². The Morgan fingerprint density at radius 2 is 1.95 bits per heavy atom. The number of carbonyl (C=O) groups is 1. The minimum atomic E-state index is -0.524. The van der Waals surface area contributed by atoms with E-state index in [4.69, 9.17) is 4.74 Å². The molecular weight excluding hydrogens is 326 g/mol. The summed E-state index contributed by atoms with van der Waals surface area (Å²) < 4.78 is 5.86. The van der Waals surface area contributed by atoms with Crippen LogP contribution >= 0.6 is 15.9 Å². The zero-order valence-corrected chi connectivity index (χ0v) is 11.9. The highest BCUT2D eigenvalue weighted by Crippen LogP contribution is 2.19. The van der Waals surface area contributed by atoms with E-state index in [2.05, 4.69) is 15.9 Å². The Bertz CT molecular complexity index is 657. The second kappa shape index (κ2) is 6.29. The summed E-state index contributed by atoms with van der Waals surface area (Å²) in [6.45, 7) is -0.136. The molecule has 0 aromatic heterocycles. The minimum Gasteiger partial charge on any atom is -0.457 e. The minimum absolute atomic E-state index is 0.0606. The molecule has 0 saturated carbocycles. The first-order chi connectivity index (χ1) is 9.58. The predicted octanol–water partition coefficient (Wildman–Crippen LogP) is 3.71. The summed E-state index contributed by atoms with van der Waals surface area (Å²) in [5.41, 5.74) is 0.688. The van der Waals surface area contributed by atoms with Crippen molar-refractivity contribution in [3.63, 3.8) is 0 Å². The van der Waals surface area contributed by atoms with E-state index in [0.29, 0.717) is 11.1 Å². The summed E-state index contributed by atoms with van der Waals surface area (Å²) in [5, 5.41) is 10.8. The lowest BCUT2D eigenvalue weighted by Crippen LogP contribution is -2.06. The Labute approximate surface area is 123 Å². The molecule has 5 nitrogen and oxygen atoms in total. The molecule has 0 aliphatic heterocycles. The summed E-state index contributed by atoms with van der Waals surface area (Å²) in [5.74, 6) is -0.524. The third-order valence-corrected chi connectivity index (χ3v) is 3.10. The Morgan fingerprint density at radius 1 is 1.20 bits per heavy atom. The number of nitrogens with zero attached hydrogens (tertiary/aromatic N) is 1. The third-order valence-electron chi connectivity index (χ3n) is 2.61. The zero-order valence-electron chi connectivity index (χ0n) is 10.3. The summed E-state index contributed by atoms with van der Waals surface area (Å²) in [6, 6.07) is 12.9. The molecule has 0 bridgehead atoms. The molecule has 2 rings (SSSR count). The lowest BCUT2D eigenvalue weighted by Gasteiger charge is -2.05. The van der Waals surface area contributed by atoms with Crippen molar-refractivity contribution in [1.82, 2.24) is 0 Å². The van der Waals surface area contributed by atoms with E-state index in [-0.39, 0.29) is 12.3 Å². The number of benzene rings is 2. The second-order valence-corrected chi connectivity index (χ2v) is 4.89. The average Bonchev–Trinajstić information content (AvgIpc) is 2.45. The van der Waals surface area contributed by atoms with E-state index in [0.717, 1.165) is 4.47 Å². The van der Waals surface area contributed by atoms with Crippen molar-refractivity contribution in [3.8, 4) is 0 Å². The second-order valence-electron chi connectivity index (χ2n) is 3.97. The van der Waals surface area contributed by atoms with Crippen LogP contribution < -0.4 is 0 Å². The van der Waals surface area contributed by atoms with E-state index >= 15 is 0 Å². The topological polar surface area (TPSA) is 69.4 Å². The Morgan fingerprint density at radius 3 is 2.65 bits per heavy atom. The molecule has 0 atom stereocenters. The van der Waals surface area contributed by atoms with Gasteiger partial charge in [0, 0.05) is 10.5 Å². The van der Waals surface area contributed by atoms with Crippen LogP contribution in [0.4, 0.5) is 5.69 Å². The molecule has 102 valence electrons. The standard InChI is InChI=1S/C14H10BrNO4/c15-12-6-3-5-10(8-12)14(17)20-9-11-4-1-2-7-13(11)16(18)19/h1-8H,9H2. The van der Waals surface area contributed by atoms with Gasteiger partial charge in [-0.2, -0.15) is 0 Å². The van der Waals surface area contributed by atoms with Gasteiger partial charge >= 0.3 is 5.97 Å². The van der Waals surface area contributed by atoms with Crippen molar-refractivity contribution in [2.24, 2.45) is 0 Å².